The van der Waals surface area contributed by atoms with E-state index < -0.39 is 10.0 Å². The van der Waals surface area contributed by atoms with Crippen molar-refractivity contribution in [2.75, 3.05) is 6.54 Å². The number of rotatable bonds is 9. The number of nitrogens with one attached hydrogen (secondary N) is 1. The van der Waals surface area contributed by atoms with Gasteiger partial charge in [-0.15, -0.1) is 0 Å². The summed E-state index contributed by atoms with van der Waals surface area (Å²) in [5, 5.41) is 0. The molecule has 1 rings (SSSR count). The second-order valence-electron chi connectivity index (χ2n) is 4.99. The molecule has 0 atom stereocenters. The highest BCUT2D eigenvalue weighted by Crippen LogP contribution is 2.09. The normalized spacial score (nSPS) is 12.1. The van der Waals surface area contributed by atoms with Crippen molar-refractivity contribution in [3.63, 3.8) is 0 Å². The van der Waals surface area contributed by atoms with Gasteiger partial charge >= 0.3 is 0 Å². The minimum atomic E-state index is -3.38. The molecule has 0 fully saturated rings. The smallest absolute Gasteiger partial charge is 0.207 e. The number of hydrogen-bond donors (Lipinski definition) is 1. The molecule has 1 aromatic rings. The third-order valence-electron chi connectivity index (χ3n) is 3.11. The van der Waals surface area contributed by atoms with Gasteiger partial charge in [0.1, 0.15) is 0 Å². The van der Waals surface area contributed by atoms with E-state index in [1.807, 2.05) is 19.1 Å². The third-order valence-corrected chi connectivity index (χ3v) is 4.55. The summed E-state index contributed by atoms with van der Waals surface area (Å²) in [6, 6.07) is 6.87. The second kappa shape index (κ2) is 8.93. The van der Waals surface area contributed by atoms with E-state index in [1.165, 1.54) is 25.7 Å². The van der Waals surface area contributed by atoms with Gasteiger partial charge in [-0.3, -0.25) is 0 Å². The Morgan fingerprint density at radius 1 is 1.05 bits per heavy atom. The number of benzene rings is 1. The van der Waals surface area contributed by atoms with Crippen LogP contribution in [-0.4, -0.2) is 15.0 Å². The Morgan fingerprint density at radius 2 is 1.75 bits per heavy atom. The quantitative estimate of drug-likeness (QED) is 0.556. The highest BCUT2D eigenvalue weighted by Gasteiger charge is 2.11. The lowest BCUT2D eigenvalue weighted by Crippen LogP contribution is -2.23. The molecule has 112 valence electrons. The summed E-state index contributed by atoms with van der Waals surface area (Å²) in [6.07, 6.45) is 9.89. The van der Waals surface area contributed by atoms with Crippen LogP contribution in [0.5, 0.6) is 0 Å². The van der Waals surface area contributed by atoms with Gasteiger partial charge in [0.05, 0.1) is 4.90 Å². The van der Waals surface area contributed by atoms with Gasteiger partial charge in [-0.1, -0.05) is 56.0 Å². The highest BCUT2D eigenvalue weighted by atomic mass is 32.2. The van der Waals surface area contributed by atoms with Crippen LogP contribution < -0.4 is 4.72 Å². The highest BCUT2D eigenvalue weighted by molar-refractivity contribution is 7.89. The lowest BCUT2D eigenvalue weighted by atomic mass is 10.1. The summed E-state index contributed by atoms with van der Waals surface area (Å²) in [5.74, 6) is 0. The standard InChI is InChI=1S/C16H25NO2S/c1-3-4-5-6-7-8-9-14-17-20(18,19)16-12-10-15(2)11-13-16/h8-13,17H,3-7,14H2,1-2H3/b9-8-. The summed E-state index contributed by atoms with van der Waals surface area (Å²) in [6.45, 7) is 4.48. The van der Waals surface area contributed by atoms with Crippen LogP contribution in [0.15, 0.2) is 41.3 Å². The second-order valence-corrected chi connectivity index (χ2v) is 6.75. The molecular weight excluding hydrogens is 270 g/mol. The van der Waals surface area contributed by atoms with Gasteiger partial charge < -0.3 is 0 Å². The number of sulfonamides is 1. The van der Waals surface area contributed by atoms with Crippen LogP contribution in [0.25, 0.3) is 0 Å². The van der Waals surface area contributed by atoms with E-state index in [0.717, 1.165) is 12.0 Å². The Balaban J connectivity index is 2.33. The van der Waals surface area contributed by atoms with E-state index in [-0.39, 0.29) is 0 Å². The van der Waals surface area contributed by atoms with Crippen molar-refractivity contribution in [2.24, 2.45) is 0 Å². The first-order valence-corrected chi connectivity index (χ1v) is 8.76. The molecule has 3 nitrogen and oxygen atoms in total. The summed E-state index contributed by atoms with van der Waals surface area (Å²) in [5.41, 5.74) is 1.05. The molecule has 0 aliphatic rings. The minimum Gasteiger partial charge on any atom is -0.207 e. The Kier molecular flexibility index (Phi) is 7.55. The molecule has 0 amide bonds. The van der Waals surface area contributed by atoms with E-state index in [2.05, 4.69) is 11.6 Å². The van der Waals surface area contributed by atoms with Crippen LogP contribution >= 0.6 is 0 Å². The summed E-state index contributed by atoms with van der Waals surface area (Å²) < 4.78 is 26.5. The fourth-order valence-corrected chi connectivity index (χ4v) is 2.83. The lowest BCUT2D eigenvalue weighted by molar-refractivity contribution is 0.585. The van der Waals surface area contributed by atoms with Crippen molar-refractivity contribution in [3.8, 4) is 0 Å². The molecule has 0 saturated carbocycles. The molecule has 0 unspecified atom stereocenters. The van der Waals surface area contributed by atoms with E-state index in [1.54, 1.807) is 24.3 Å². The van der Waals surface area contributed by atoms with Gasteiger partial charge in [0.2, 0.25) is 10.0 Å². The van der Waals surface area contributed by atoms with E-state index in [9.17, 15) is 8.42 Å². The van der Waals surface area contributed by atoms with E-state index in [4.69, 9.17) is 0 Å². The molecule has 20 heavy (non-hydrogen) atoms. The molecule has 0 aliphatic carbocycles. The van der Waals surface area contributed by atoms with Gasteiger partial charge in [-0.2, -0.15) is 0 Å². The average Bonchev–Trinajstić information content (AvgIpc) is 2.42. The Labute approximate surface area is 123 Å². The van der Waals surface area contributed by atoms with E-state index >= 15 is 0 Å². The molecule has 1 aromatic carbocycles. The molecule has 0 radical (unpaired) electrons. The van der Waals surface area contributed by atoms with Gasteiger partial charge in [-0.05, 0) is 31.9 Å². The maximum absolute atomic E-state index is 12.0. The molecular formula is C16H25NO2S. The Morgan fingerprint density at radius 3 is 2.40 bits per heavy atom. The number of hydrogen-bond acceptors (Lipinski definition) is 2. The maximum atomic E-state index is 12.0. The number of allylic oxidation sites excluding steroid dienone is 1. The van der Waals surface area contributed by atoms with Crippen molar-refractivity contribution in [1.29, 1.82) is 0 Å². The first kappa shape index (κ1) is 16.9. The van der Waals surface area contributed by atoms with Crippen molar-refractivity contribution in [3.05, 3.63) is 42.0 Å². The van der Waals surface area contributed by atoms with Gasteiger partial charge in [0.15, 0.2) is 0 Å². The van der Waals surface area contributed by atoms with Crippen LogP contribution in [0.4, 0.5) is 0 Å². The number of unbranched alkanes of at least 4 members (excludes halogenated alkanes) is 4. The molecule has 0 bridgehead atoms. The predicted octanol–water partition coefficient (Wildman–Crippen LogP) is 3.80. The number of aryl methyl sites for hydroxylation is 1. The zero-order valence-corrected chi connectivity index (χ0v) is 13.2. The average molecular weight is 295 g/mol. The Hall–Kier alpha value is -1.13. The minimum absolute atomic E-state index is 0.319. The SMILES string of the molecule is CCCCCC/C=C\CNS(=O)(=O)c1ccc(C)cc1. The summed E-state index contributed by atoms with van der Waals surface area (Å²) >= 11 is 0. The van der Waals surface area contributed by atoms with Crippen molar-refractivity contribution >= 4 is 10.0 Å². The van der Waals surface area contributed by atoms with Crippen molar-refractivity contribution in [2.45, 2.75) is 50.8 Å². The summed E-state index contributed by atoms with van der Waals surface area (Å²) in [4.78, 5) is 0.319. The largest absolute Gasteiger partial charge is 0.240 e. The fraction of sp³-hybridized carbons (Fsp3) is 0.500. The molecule has 0 aliphatic heterocycles. The van der Waals surface area contributed by atoms with Gasteiger partial charge in [0, 0.05) is 6.54 Å². The van der Waals surface area contributed by atoms with Crippen LogP contribution in [0.2, 0.25) is 0 Å². The van der Waals surface area contributed by atoms with Crippen molar-refractivity contribution in [1.82, 2.24) is 4.72 Å². The lowest BCUT2D eigenvalue weighted by Gasteiger charge is -2.04. The zero-order valence-electron chi connectivity index (χ0n) is 12.4. The molecule has 0 saturated heterocycles. The molecule has 0 aromatic heterocycles. The molecule has 0 heterocycles. The fourth-order valence-electron chi connectivity index (χ4n) is 1.85. The third kappa shape index (κ3) is 6.35. The van der Waals surface area contributed by atoms with Crippen molar-refractivity contribution < 1.29 is 8.42 Å². The van der Waals surface area contributed by atoms with Crippen LogP contribution in [0.1, 0.15) is 44.6 Å². The maximum Gasteiger partial charge on any atom is 0.240 e. The molecule has 1 N–H and O–H groups in total. The van der Waals surface area contributed by atoms with E-state index in [0.29, 0.717) is 11.4 Å². The van der Waals surface area contributed by atoms with Gasteiger partial charge in [-0.25, -0.2) is 13.1 Å². The predicted molar refractivity (Wildman–Crippen MR) is 84.3 cm³/mol. The van der Waals surface area contributed by atoms with Crippen LogP contribution in [-0.2, 0) is 10.0 Å². The zero-order chi connectivity index (χ0) is 14.8. The molecule has 0 spiro atoms. The van der Waals surface area contributed by atoms with Crippen LogP contribution in [0, 0.1) is 6.92 Å². The molecule has 4 heteroatoms. The van der Waals surface area contributed by atoms with Gasteiger partial charge in [0.25, 0.3) is 0 Å². The Bertz CT molecular complexity index is 504. The topological polar surface area (TPSA) is 46.2 Å². The summed E-state index contributed by atoms with van der Waals surface area (Å²) in [7, 11) is -3.38. The monoisotopic (exact) mass is 295 g/mol. The first-order valence-electron chi connectivity index (χ1n) is 7.27. The van der Waals surface area contributed by atoms with Crippen LogP contribution in [0.3, 0.4) is 0 Å². The first-order chi connectivity index (χ1) is 9.56.